The Balaban J connectivity index is 2.15. The average Bonchev–Trinajstić information content (AvgIpc) is 2.74. The van der Waals surface area contributed by atoms with E-state index in [1.54, 1.807) is 0 Å². The van der Waals surface area contributed by atoms with Crippen molar-refractivity contribution in [2.75, 3.05) is 19.6 Å². The maximum atomic E-state index is 11.9. The summed E-state index contributed by atoms with van der Waals surface area (Å²) in [6.45, 7) is 12.9. The molecule has 1 amide bonds. The minimum absolute atomic E-state index is 0.179. The van der Waals surface area contributed by atoms with Crippen molar-refractivity contribution >= 4 is 6.09 Å². The number of rotatable bonds is 6. The second-order valence-corrected chi connectivity index (χ2v) is 7.26. The summed E-state index contributed by atoms with van der Waals surface area (Å²) in [7, 11) is 0. The lowest BCUT2D eigenvalue weighted by molar-refractivity contribution is 0.0291. The van der Waals surface area contributed by atoms with Gasteiger partial charge in [-0.25, -0.2) is 4.79 Å². The Morgan fingerprint density at radius 2 is 2.05 bits per heavy atom. The zero-order valence-corrected chi connectivity index (χ0v) is 13.9. The fraction of sp³-hybridized carbons (Fsp3) is 0.938. The van der Waals surface area contributed by atoms with Crippen LogP contribution in [-0.4, -0.2) is 42.3 Å². The van der Waals surface area contributed by atoms with Crippen molar-refractivity contribution in [3.05, 3.63) is 0 Å². The highest BCUT2D eigenvalue weighted by molar-refractivity contribution is 5.68. The van der Waals surface area contributed by atoms with Crippen LogP contribution in [-0.2, 0) is 4.74 Å². The molecule has 0 aromatic heterocycles. The molecule has 0 bridgehead atoms. The van der Waals surface area contributed by atoms with Gasteiger partial charge in [0.25, 0.3) is 0 Å². The maximum absolute atomic E-state index is 11.9. The highest BCUT2D eigenvalue weighted by Gasteiger charge is 2.29. The van der Waals surface area contributed by atoms with Crippen LogP contribution in [0.2, 0.25) is 0 Å². The largest absolute Gasteiger partial charge is 0.444 e. The molecular weight excluding hydrogens is 252 g/mol. The van der Waals surface area contributed by atoms with Gasteiger partial charge >= 0.3 is 6.09 Å². The van der Waals surface area contributed by atoms with Crippen molar-refractivity contribution in [3.63, 3.8) is 0 Å². The number of ether oxygens (including phenoxy) is 1. The van der Waals surface area contributed by atoms with E-state index < -0.39 is 5.60 Å². The predicted octanol–water partition coefficient (Wildman–Crippen LogP) is 3.41. The molecule has 1 N–H and O–H groups in total. The topological polar surface area (TPSA) is 41.6 Å². The molecule has 1 saturated heterocycles. The third-order valence-electron chi connectivity index (χ3n) is 3.48. The highest BCUT2D eigenvalue weighted by Crippen LogP contribution is 2.15. The first-order valence-corrected chi connectivity index (χ1v) is 7.99. The van der Waals surface area contributed by atoms with E-state index >= 15 is 0 Å². The van der Waals surface area contributed by atoms with Gasteiger partial charge in [0.05, 0.1) is 0 Å². The van der Waals surface area contributed by atoms with E-state index in [9.17, 15) is 4.79 Å². The second kappa shape index (κ2) is 7.87. The molecule has 0 aromatic rings. The first-order valence-electron chi connectivity index (χ1n) is 7.99. The fourth-order valence-corrected chi connectivity index (χ4v) is 2.40. The summed E-state index contributed by atoms with van der Waals surface area (Å²) >= 11 is 0. The maximum Gasteiger partial charge on any atom is 0.410 e. The van der Waals surface area contributed by atoms with Gasteiger partial charge in [-0.05, 0) is 46.1 Å². The highest BCUT2D eigenvalue weighted by atomic mass is 16.6. The molecular formula is C16H32N2O2. The van der Waals surface area contributed by atoms with E-state index in [0.29, 0.717) is 6.04 Å². The van der Waals surface area contributed by atoms with E-state index in [0.717, 1.165) is 32.0 Å². The first kappa shape index (κ1) is 17.3. The van der Waals surface area contributed by atoms with Crippen LogP contribution in [0.3, 0.4) is 0 Å². The van der Waals surface area contributed by atoms with Gasteiger partial charge in [-0.15, -0.1) is 0 Å². The molecule has 1 fully saturated rings. The summed E-state index contributed by atoms with van der Waals surface area (Å²) < 4.78 is 5.40. The van der Waals surface area contributed by atoms with Crippen molar-refractivity contribution in [2.24, 2.45) is 5.92 Å². The van der Waals surface area contributed by atoms with Gasteiger partial charge in [-0.2, -0.15) is 0 Å². The molecule has 1 aliphatic rings. The third kappa shape index (κ3) is 7.13. The number of unbranched alkanes of at least 4 members (excludes halogenated alkanes) is 1. The summed E-state index contributed by atoms with van der Waals surface area (Å²) in [6.07, 6.45) is 4.66. The van der Waals surface area contributed by atoms with E-state index in [2.05, 4.69) is 19.2 Å². The summed E-state index contributed by atoms with van der Waals surface area (Å²) in [4.78, 5) is 13.8. The van der Waals surface area contributed by atoms with Crippen LogP contribution in [0.4, 0.5) is 4.79 Å². The number of nitrogens with one attached hydrogen (secondary N) is 1. The standard InChI is InChI=1S/C16H32N2O2/c1-13(2)8-6-7-10-17-14-9-11-18(12-14)15(19)20-16(3,4)5/h13-14,17H,6-12H2,1-5H3. The lowest BCUT2D eigenvalue weighted by Gasteiger charge is -2.24. The number of nitrogens with zero attached hydrogens (tertiary/aromatic N) is 1. The normalized spacial score (nSPS) is 19.7. The quantitative estimate of drug-likeness (QED) is 0.760. The van der Waals surface area contributed by atoms with Crippen molar-refractivity contribution < 1.29 is 9.53 Å². The van der Waals surface area contributed by atoms with E-state index in [1.165, 1.54) is 19.3 Å². The number of hydrogen-bond acceptors (Lipinski definition) is 3. The number of carbonyl (C=O) groups is 1. The number of carbonyl (C=O) groups excluding carboxylic acids is 1. The van der Waals surface area contributed by atoms with Gasteiger partial charge in [-0.1, -0.05) is 26.7 Å². The third-order valence-corrected chi connectivity index (χ3v) is 3.48. The minimum atomic E-state index is -0.403. The van der Waals surface area contributed by atoms with Gasteiger partial charge in [0.15, 0.2) is 0 Å². The molecule has 20 heavy (non-hydrogen) atoms. The van der Waals surface area contributed by atoms with Gasteiger partial charge in [0.2, 0.25) is 0 Å². The van der Waals surface area contributed by atoms with Crippen LogP contribution in [0.1, 0.15) is 60.3 Å². The Labute approximate surface area is 124 Å². The molecule has 0 aliphatic carbocycles. The second-order valence-electron chi connectivity index (χ2n) is 7.26. The Morgan fingerprint density at radius 1 is 1.35 bits per heavy atom. The summed E-state index contributed by atoms with van der Waals surface area (Å²) in [6, 6.07) is 0.432. The molecule has 1 heterocycles. The zero-order valence-electron chi connectivity index (χ0n) is 13.9. The van der Waals surface area contributed by atoms with Crippen molar-refractivity contribution in [3.8, 4) is 0 Å². The average molecular weight is 284 g/mol. The van der Waals surface area contributed by atoms with Crippen LogP contribution >= 0.6 is 0 Å². The van der Waals surface area contributed by atoms with Gasteiger partial charge < -0.3 is 15.0 Å². The predicted molar refractivity (Wildman–Crippen MR) is 82.9 cm³/mol. The first-order chi connectivity index (χ1) is 9.28. The minimum Gasteiger partial charge on any atom is -0.444 e. The molecule has 118 valence electrons. The van der Waals surface area contributed by atoms with E-state index in [4.69, 9.17) is 4.74 Å². The van der Waals surface area contributed by atoms with Crippen molar-refractivity contribution in [2.45, 2.75) is 71.9 Å². The molecule has 4 heteroatoms. The molecule has 1 aliphatic heterocycles. The Morgan fingerprint density at radius 3 is 2.65 bits per heavy atom. The molecule has 1 rings (SSSR count). The molecule has 0 spiro atoms. The van der Waals surface area contributed by atoms with Crippen LogP contribution in [0.5, 0.6) is 0 Å². The Hall–Kier alpha value is -0.770. The van der Waals surface area contributed by atoms with Crippen molar-refractivity contribution in [1.29, 1.82) is 0 Å². The van der Waals surface area contributed by atoms with Crippen LogP contribution in [0.25, 0.3) is 0 Å². The monoisotopic (exact) mass is 284 g/mol. The zero-order chi connectivity index (χ0) is 15.2. The Bertz CT molecular complexity index is 297. The van der Waals surface area contributed by atoms with Gasteiger partial charge in [0.1, 0.15) is 5.60 Å². The summed E-state index contributed by atoms with van der Waals surface area (Å²) in [5.74, 6) is 0.796. The molecule has 1 unspecified atom stereocenters. The van der Waals surface area contributed by atoms with Crippen LogP contribution in [0, 0.1) is 5.92 Å². The molecule has 4 nitrogen and oxygen atoms in total. The van der Waals surface area contributed by atoms with Gasteiger partial charge in [0, 0.05) is 19.1 Å². The van der Waals surface area contributed by atoms with E-state index in [-0.39, 0.29) is 6.09 Å². The van der Waals surface area contributed by atoms with E-state index in [1.807, 2.05) is 25.7 Å². The number of likely N-dealkylation sites (tertiary alicyclic amines) is 1. The van der Waals surface area contributed by atoms with Crippen molar-refractivity contribution in [1.82, 2.24) is 10.2 Å². The van der Waals surface area contributed by atoms with Crippen LogP contribution < -0.4 is 5.32 Å². The molecule has 0 radical (unpaired) electrons. The fourth-order valence-electron chi connectivity index (χ4n) is 2.40. The summed E-state index contributed by atoms with van der Waals surface area (Å²) in [5, 5.41) is 3.55. The lowest BCUT2D eigenvalue weighted by Crippen LogP contribution is -2.38. The van der Waals surface area contributed by atoms with Crippen LogP contribution in [0.15, 0.2) is 0 Å². The molecule has 1 atom stereocenters. The number of hydrogen-bond donors (Lipinski definition) is 1. The smallest absolute Gasteiger partial charge is 0.410 e. The number of amides is 1. The van der Waals surface area contributed by atoms with Gasteiger partial charge in [-0.3, -0.25) is 0 Å². The molecule has 0 saturated carbocycles. The Kier molecular flexibility index (Phi) is 6.80. The SMILES string of the molecule is CC(C)CCCCNC1CCN(C(=O)OC(C)(C)C)C1. The molecule has 0 aromatic carbocycles. The summed E-state index contributed by atoms with van der Waals surface area (Å²) in [5.41, 5.74) is -0.403. The lowest BCUT2D eigenvalue weighted by atomic mass is 10.1.